The van der Waals surface area contributed by atoms with E-state index in [9.17, 15) is 14.4 Å². The minimum Gasteiger partial charge on any atom is -0.475 e. The van der Waals surface area contributed by atoms with Crippen LogP contribution in [0.25, 0.3) is 0 Å². The second-order valence-electron chi connectivity index (χ2n) is 6.12. The summed E-state index contributed by atoms with van der Waals surface area (Å²) in [7, 11) is 1.56. The Balaban J connectivity index is 1.97. The number of nitrogens with zero attached hydrogens (tertiary/aromatic N) is 2. The maximum atomic E-state index is 12.2. The normalized spacial score (nSPS) is 20.5. The Morgan fingerprint density at radius 1 is 1.46 bits per heavy atom. The van der Waals surface area contributed by atoms with Gasteiger partial charge in [0, 0.05) is 19.5 Å². The molecule has 0 aliphatic carbocycles. The molecule has 1 aromatic heterocycles. The molecular weight excluding hydrogens is 316 g/mol. The summed E-state index contributed by atoms with van der Waals surface area (Å²) < 4.78 is 4.77. The quantitative estimate of drug-likeness (QED) is 0.607. The van der Waals surface area contributed by atoms with Crippen LogP contribution >= 0.6 is 0 Å². The van der Waals surface area contributed by atoms with Crippen molar-refractivity contribution in [2.45, 2.75) is 19.3 Å². The highest BCUT2D eigenvalue weighted by atomic mass is 16.5. The highest BCUT2D eigenvalue weighted by molar-refractivity contribution is 5.84. The van der Waals surface area contributed by atoms with Crippen molar-refractivity contribution in [1.29, 1.82) is 0 Å². The number of carboxylic acids is 1. The molecular formula is C15H22N4O5. The van der Waals surface area contributed by atoms with Gasteiger partial charge in [-0.3, -0.25) is 9.59 Å². The van der Waals surface area contributed by atoms with Gasteiger partial charge in [-0.15, -0.1) is 0 Å². The number of rotatable bonds is 7. The number of carbonyl (C=O) groups is 3. The number of piperidine rings is 1. The van der Waals surface area contributed by atoms with Gasteiger partial charge in [-0.1, -0.05) is 5.16 Å². The first-order chi connectivity index (χ1) is 11.4. The Labute approximate surface area is 139 Å². The van der Waals surface area contributed by atoms with Crippen LogP contribution in [-0.2, 0) is 16.0 Å². The smallest absolute Gasteiger partial charge is 0.374 e. The molecule has 2 rings (SSSR count). The van der Waals surface area contributed by atoms with Crippen LogP contribution in [0.1, 0.15) is 29.1 Å². The number of carboxylic acid groups (broad SMARTS) is 1. The molecule has 0 unspecified atom stereocenters. The summed E-state index contributed by atoms with van der Waals surface area (Å²) in [4.78, 5) is 35.3. The molecule has 1 aromatic rings. The van der Waals surface area contributed by atoms with E-state index in [2.05, 4.69) is 10.5 Å². The van der Waals surface area contributed by atoms with E-state index in [0.717, 1.165) is 13.0 Å². The lowest BCUT2D eigenvalue weighted by molar-refractivity contribution is -0.135. The second-order valence-corrected chi connectivity index (χ2v) is 6.12. The average Bonchev–Trinajstić information content (AvgIpc) is 2.97. The molecule has 1 aliphatic rings. The number of aromatic nitrogens is 1. The van der Waals surface area contributed by atoms with Crippen LogP contribution in [-0.4, -0.2) is 59.6 Å². The summed E-state index contributed by atoms with van der Waals surface area (Å²) in [5.41, 5.74) is 5.67. The Bertz CT molecular complexity index is 615. The summed E-state index contributed by atoms with van der Waals surface area (Å²) in [6.07, 6.45) is 1.67. The Hall–Kier alpha value is -2.42. The van der Waals surface area contributed by atoms with E-state index in [4.69, 9.17) is 15.4 Å². The lowest BCUT2D eigenvalue weighted by Gasteiger charge is -2.32. The molecule has 2 amide bonds. The van der Waals surface area contributed by atoms with Crippen molar-refractivity contribution in [2.24, 2.45) is 17.6 Å². The standard InChI is InChI=1S/C15H22N4O5/c1-19(8-13(16)20)14(21)5-9-2-3-17-7-10(9)4-11-6-12(15(22)23)24-18-11/h6,9-10,17H,2-5,7-8H2,1H3,(H2,16,20)(H,22,23)/t9-,10+/m1/s1. The van der Waals surface area contributed by atoms with Crippen LogP contribution in [0.3, 0.4) is 0 Å². The molecule has 132 valence electrons. The van der Waals surface area contributed by atoms with Gasteiger partial charge < -0.3 is 25.6 Å². The van der Waals surface area contributed by atoms with Crippen molar-refractivity contribution >= 4 is 17.8 Å². The van der Waals surface area contributed by atoms with Crippen LogP contribution in [0.2, 0.25) is 0 Å². The van der Waals surface area contributed by atoms with E-state index >= 15 is 0 Å². The van der Waals surface area contributed by atoms with Crippen molar-refractivity contribution < 1.29 is 24.0 Å². The molecule has 2 heterocycles. The molecule has 0 bridgehead atoms. The van der Waals surface area contributed by atoms with E-state index in [1.165, 1.54) is 11.0 Å². The fraction of sp³-hybridized carbons (Fsp3) is 0.600. The predicted octanol–water partition coefficient (Wildman–Crippen LogP) is -0.525. The Morgan fingerprint density at radius 2 is 2.21 bits per heavy atom. The number of amides is 2. The molecule has 1 saturated heterocycles. The van der Waals surface area contributed by atoms with Gasteiger partial charge in [0.15, 0.2) is 0 Å². The van der Waals surface area contributed by atoms with Crippen molar-refractivity contribution in [3.8, 4) is 0 Å². The van der Waals surface area contributed by atoms with Crippen molar-refractivity contribution in [1.82, 2.24) is 15.4 Å². The molecule has 0 saturated carbocycles. The van der Waals surface area contributed by atoms with Gasteiger partial charge in [-0.05, 0) is 37.8 Å². The van der Waals surface area contributed by atoms with Gasteiger partial charge in [0.25, 0.3) is 0 Å². The minimum atomic E-state index is -1.16. The summed E-state index contributed by atoms with van der Waals surface area (Å²) in [6.45, 7) is 1.43. The Kier molecular flexibility index (Phi) is 5.91. The van der Waals surface area contributed by atoms with Crippen molar-refractivity contribution in [3.05, 3.63) is 17.5 Å². The summed E-state index contributed by atoms with van der Waals surface area (Å²) in [5, 5.41) is 15.9. The number of nitrogens with one attached hydrogen (secondary N) is 1. The van der Waals surface area contributed by atoms with Crippen LogP contribution in [0.15, 0.2) is 10.6 Å². The fourth-order valence-electron chi connectivity index (χ4n) is 2.96. The Morgan fingerprint density at radius 3 is 2.83 bits per heavy atom. The SMILES string of the molecule is CN(CC(N)=O)C(=O)C[C@H]1CCNC[C@@H]1Cc1cc(C(=O)O)on1. The minimum absolute atomic E-state index is 0.0975. The fourth-order valence-corrected chi connectivity index (χ4v) is 2.96. The number of primary amides is 1. The molecule has 9 heteroatoms. The molecule has 4 N–H and O–H groups in total. The summed E-state index contributed by atoms with van der Waals surface area (Å²) in [6, 6.07) is 1.41. The maximum absolute atomic E-state index is 12.2. The predicted molar refractivity (Wildman–Crippen MR) is 83.1 cm³/mol. The van der Waals surface area contributed by atoms with E-state index in [0.29, 0.717) is 25.1 Å². The van der Waals surface area contributed by atoms with Gasteiger partial charge in [0.05, 0.1) is 12.2 Å². The van der Waals surface area contributed by atoms with Gasteiger partial charge in [-0.2, -0.15) is 0 Å². The number of likely N-dealkylation sites (N-methyl/N-ethyl adjacent to an activating group) is 1. The number of hydrogen-bond acceptors (Lipinski definition) is 6. The third-order valence-corrected chi connectivity index (χ3v) is 4.26. The zero-order valence-electron chi connectivity index (χ0n) is 13.5. The molecule has 24 heavy (non-hydrogen) atoms. The van der Waals surface area contributed by atoms with Crippen molar-refractivity contribution in [3.63, 3.8) is 0 Å². The first-order valence-electron chi connectivity index (χ1n) is 7.78. The topological polar surface area (TPSA) is 139 Å². The molecule has 1 fully saturated rings. The first-order valence-corrected chi connectivity index (χ1v) is 7.78. The summed E-state index contributed by atoms with van der Waals surface area (Å²) >= 11 is 0. The largest absolute Gasteiger partial charge is 0.475 e. The van der Waals surface area contributed by atoms with Crippen LogP contribution in [0, 0.1) is 11.8 Å². The van der Waals surface area contributed by atoms with Gasteiger partial charge in [-0.25, -0.2) is 4.79 Å². The van der Waals surface area contributed by atoms with E-state index in [1.807, 2.05) is 0 Å². The number of nitrogens with two attached hydrogens (primary N) is 1. The lowest BCUT2D eigenvalue weighted by Crippen LogP contribution is -2.42. The van der Waals surface area contributed by atoms with E-state index < -0.39 is 11.9 Å². The molecule has 0 radical (unpaired) electrons. The van der Waals surface area contributed by atoms with Gasteiger partial charge in [0.1, 0.15) is 0 Å². The molecule has 0 aromatic carbocycles. The van der Waals surface area contributed by atoms with Crippen LogP contribution in [0.5, 0.6) is 0 Å². The number of carbonyl (C=O) groups excluding carboxylic acids is 2. The van der Waals surface area contributed by atoms with Crippen LogP contribution < -0.4 is 11.1 Å². The molecule has 2 atom stereocenters. The van der Waals surface area contributed by atoms with Gasteiger partial charge in [0.2, 0.25) is 17.6 Å². The van der Waals surface area contributed by atoms with Crippen molar-refractivity contribution in [2.75, 3.05) is 26.7 Å². The zero-order chi connectivity index (χ0) is 17.7. The van der Waals surface area contributed by atoms with Gasteiger partial charge >= 0.3 is 5.97 Å². The average molecular weight is 338 g/mol. The summed E-state index contributed by atoms with van der Waals surface area (Å²) in [5.74, 6) is -1.76. The zero-order valence-corrected chi connectivity index (χ0v) is 13.5. The monoisotopic (exact) mass is 338 g/mol. The first kappa shape index (κ1) is 17.9. The molecule has 9 nitrogen and oxygen atoms in total. The highest BCUT2D eigenvalue weighted by Gasteiger charge is 2.29. The van der Waals surface area contributed by atoms with E-state index in [-0.39, 0.29) is 30.0 Å². The molecule has 0 spiro atoms. The number of aromatic carboxylic acids is 1. The molecule has 1 aliphatic heterocycles. The third kappa shape index (κ3) is 4.79. The highest BCUT2D eigenvalue weighted by Crippen LogP contribution is 2.26. The maximum Gasteiger partial charge on any atom is 0.374 e. The third-order valence-electron chi connectivity index (χ3n) is 4.26. The lowest BCUT2D eigenvalue weighted by atomic mass is 9.81. The second kappa shape index (κ2) is 7.91. The van der Waals surface area contributed by atoms with Crippen LogP contribution in [0.4, 0.5) is 0 Å². The number of hydrogen-bond donors (Lipinski definition) is 3. The van der Waals surface area contributed by atoms with E-state index in [1.54, 1.807) is 7.05 Å².